The number of anilines is 1. The van der Waals surface area contributed by atoms with Gasteiger partial charge in [0.2, 0.25) is 5.91 Å². The Morgan fingerprint density at radius 1 is 1.08 bits per heavy atom. The summed E-state index contributed by atoms with van der Waals surface area (Å²) in [5.74, 6) is -3.29. The zero-order valence-corrected chi connectivity index (χ0v) is 21.5. The molecule has 0 atom stereocenters. The number of amides is 2. The number of methoxy groups -OCH3 is 1. The Hall–Kier alpha value is -4.09. The molecule has 0 aliphatic carbocycles. The number of carboxylic acid groups (broad SMARTS) is 1. The second-order valence-electron chi connectivity index (χ2n) is 8.10. The molecule has 11 heteroatoms. The molecule has 1 aliphatic heterocycles. The van der Waals surface area contributed by atoms with E-state index < -0.39 is 17.6 Å². The maximum atomic E-state index is 13.8. The van der Waals surface area contributed by atoms with Crippen molar-refractivity contribution in [3.05, 3.63) is 88.3 Å². The van der Waals surface area contributed by atoms with Gasteiger partial charge in [0.1, 0.15) is 10.1 Å². The number of carboxylic acids is 1. The predicted molar refractivity (Wildman–Crippen MR) is 145 cm³/mol. The van der Waals surface area contributed by atoms with E-state index in [4.69, 9.17) is 22.1 Å². The van der Waals surface area contributed by atoms with Crippen LogP contribution in [-0.2, 0) is 9.59 Å². The molecule has 4 rings (SSSR count). The molecule has 3 aromatic carbocycles. The largest absolute Gasteiger partial charge is 0.496 e. The third-order valence-electron chi connectivity index (χ3n) is 5.60. The number of thiocarbonyl (C=S) groups is 1. The Kier molecular flexibility index (Phi) is 8.18. The SMILES string of the molecule is COc1ccc(/C=C2\SC(=S)N(CCC(=O)Nc3ccc(C(=O)O)cc3)C2=O)cc1-c1ccc(F)c(F)c1. The van der Waals surface area contributed by atoms with Gasteiger partial charge < -0.3 is 15.2 Å². The third-order valence-corrected chi connectivity index (χ3v) is 6.98. The summed E-state index contributed by atoms with van der Waals surface area (Å²) in [6.07, 6.45) is 1.61. The maximum Gasteiger partial charge on any atom is 0.335 e. The smallest absolute Gasteiger partial charge is 0.335 e. The Morgan fingerprint density at radius 3 is 2.47 bits per heavy atom. The fourth-order valence-corrected chi connectivity index (χ4v) is 4.99. The van der Waals surface area contributed by atoms with Crippen LogP contribution < -0.4 is 10.1 Å². The van der Waals surface area contributed by atoms with Gasteiger partial charge in [-0.2, -0.15) is 0 Å². The monoisotopic (exact) mass is 554 g/mol. The molecule has 0 radical (unpaired) electrons. The first-order valence-electron chi connectivity index (χ1n) is 11.2. The molecule has 1 fully saturated rings. The van der Waals surface area contributed by atoms with Gasteiger partial charge in [0.15, 0.2) is 11.6 Å². The molecule has 0 aromatic heterocycles. The zero-order valence-electron chi connectivity index (χ0n) is 19.9. The summed E-state index contributed by atoms with van der Waals surface area (Å²) >= 11 is 6.44. The van der Waals surface area contributed by atoms with Crippen molar-refractivity contribution >= 4 is 57.8 Å². The minimum Gasteiger partial charge on any atom is -0.496 e. The van der Waals surface area contributed by atoms with Crippen LogP contribution in [0, 0.1) is 11.6 Å². The van der Waals surface area contributed by atoms with Crippen LogP contribution >= 0.6 is 24.0 Å². The van der Waals surface area contributed by atoms with Crippen molar-refractivity contribution in [3.8, 4) is 16.9 Å². The summed E-state index contributed by atoms with van der Waals surface area (Å²) in [6, 6.07) is 14.3. The van der Waals surface area contributed by atoms with E-state index in [1.54, 1.807) is 24.3 Å². The highest BCUT2D eigenvalue weighted by atomic mass is 32.2. The predicted octanol–water partition coefficient (Wildman–Crippen LogP) is 5.57. The Morgan fingerprint density at radius 2 is 1.82 bits per heavy atom. The number of hydrogen-bond donors (Lipinski definition) is 2. The topological polar surface area (TPSA) is 95.9 Å². The molecule has 7 nitrogen and oxygen atoms in total. The highest BCUT2D eigenvalue weighted by Crippen LogP contribution is 2.36. The van der Waals surface area contributed by atoms with Gasteiger partial charge in [0.25, 0.3) is 5.91 Å². The molecule has 2 amide bonds. The summed E-state index contributed by atoms with van der Waals surface area (Å²) in [6.45, 7) is 0.0593. The standard InChI is InChI=1S/C27H20F2N2O5S2/c1-36-22-9-2-15(12-19(22)17-5-8-20(28)21(29)14-17)13-23-25(33)31(27(37)38-23)11-10-24(32)30-18-6-3-16(4-7-18)26(34)35/h2-9,12-14H,10-11H2,1H3,(H,30,32)(H,34,35)/b23-13-. The molecular formula is C27H20F2N2O5S2. The third kappa shape index (κ3) is 6.06. The van der Waals surface area contributed by atoms with Crippen LogP contribution in [0.5, 0.6) is 5.75 Å². The van der Waals surface area contributed by atoms with Gasteiger partial charge in [-0.3, -0.25) is 14.5 Å². The number of ether oxygens (including phenoxy) is 1. The number of thioether (sulfide) groups is 1. The Labute approximate surface area is 226 Å². The van der Waals surface area contributed by atoms with E-state index in [1.165, 1.54) is 42.3 Å². The van der Waals surface area contributed by atoms with E-state index in [0.717, 1.165) is 23.9 Å². The molecule has 194 valence electrons. The van der Waals surface area contributed by atoms with Crippen LogP contribution in [0.15, 0.2) is 65.6 Å². The number of carbonyl (C=O) groups excluding carboxylic acids is 2. The number of nitrogens with zero attached hydrogens (tertiary/aromatic N) is 1. The molecular weight excluding hydrogens is 534 g/mol. The van der Waals surface area contributed by atoms with Crippen molar-refractivity contribution in [2.45, 2.75) is 6.42 Å². The molecule has 3 aromatic rings. The minimum absolute atomic E-state index is 0.0246. The van der Waals surface area contributed by atoms with Gasteiger partial charge >= 0.3 is 5.97 Å². The van der Waals surface area contributed by atoms with Crippen LogP contribution in [-0.4, -0.2) is 45.8 Å². The van der Waals surface area contributed by atoms with E-state index in [2.05, 4.69) is 5.32 Å². The second kappa shape index (κ2) is 11.5. The second-order valence-corrected chi connectivity index (χ2v) is 9.78. The number of hydrogen-bond acceptors (Lipinski definition) is 6. The molecule has 1 heterocycles. The van der Waals surface area contributed by atoms with Crippen molar-refractivity contribution in [1.29, 1.82) is 0 Å². The number of carbonyl (C=O) groups is 3. The summed E-state index contributed by atoms with van der Waals surface area (Å²) in [5, 5.41) is 11.6. The van der Waals surface area contributed by atoms with Crippen LogP contribution in [0.25, 0.3) is 17.2 Å². The van der Waals surface area contributed by atoms with E-state index in [-0.39, 0.29) is 30.3 Å². The van der Waals surface area contributed by atoms with Crippen LogP contribution in [0.4, 0.5) is 14.5 Å². The van der Waals surface area contributed by atoms with Gasteiger partial charge in [-0.25, -0.2) is 13.6 Å². The first kappa shape index (κ1) is 27.0. The summed E-state index contributed by atoms with van der Waals surface area (Å²) in [4.78, 5) is 38.0. The first-order valence-corrected chi connectivity index (χ1v) is 12.4. The summed E-state index contributed by atoms with van der Waals surface area (Å²) in [7, 11) is 1.46. The molecule has 1 saturated heterocycles. The molecule has 38 heavy (non-hydrogen) atoms. The van der Waals surface area contributed by atoms with Gasteiger partial charge in [-0.1, -0.05) is 36.1 Å². The van der Waals surface area contributed by atoms with E-state index >= 15 is 0 Å². The van der Waals surface area contributed by atoms with Crippen molar-refractivity contribution in [2.24, 2.45) is 0 Å². The number of benzene rings is 3. The van der Waals surface area contributed by atoms with Crippen LogP contribution in [0.2, 0.25) is 0 Å². The van der Waals surface area contributed by atoms with Crippen LogP contribution in [0.3, 0.4) is 0 Å². The van der Waals surface area contributed by atoms with Crippen LogP contribution in [0.1, 0.15) is 22.3 Å². The van der Waals surface area contributed by atoms with Gasteiger partial charge in [0, 0.05) is 24.2 Å². The van der Waals surface area contributed by atoms with Crippen molar-refractivity contribution in [1.82, 2.24) is 4.90 Å². The number of aromatic carboxylic acids is 1. The van der Waals surface area contributed by atoms with Gasteiger partial charge in [-0.15, -0.1) is 0 Å². The van der Waals surface area contributed by atoms with E-state index in [0.29, 0.717) is 37.4 Å². The fraction of sp³-hybridized carbons (Fsp3) is 0.111. The molecule has 0 bridgehead atoms. The van der Waals surface area contributed by atoms with E-state index in [9.17, 15) is 23.2 Å². The minimum atomic E-state index is -1.07. The van der Waals surface area contributed by atoms with Crippen molar-refractivity contribution in [2.75, 3.05) is 19.0 Å². The molecule has 1 aliphatic rings. The number of rotatable bonds is 8. The lowest BCUT2D eigenvalue weighted by atomic mass is 10.0. The van der Waals surface area contributed by atoms with E-state index in [1.807, 2.05) is 0 Å². The summed E-state index contributed by atoms with van der Waals surface area (Å²) in [5.41, 5.74) is 2.08. The van der Waals surface area contributed by atoms with Gasteiger partial charge in [-0.05, 0) is 65.7 Å². The highest BCUT2D eigenvalue weighted by Gasteiger charge is 2.32. The normalized spacial score (nSPS) is 14.2. The van der Waals surface area contributed by atoms with Gasteiger partial charge in [0.05, 0.1) is 17.6 Å². The summed E-state index contributed by atoms with van der Waals surface area (Å²) < 4.78 is 32.9. The highest BCUT2D eigenvalue weighted by molar-refractivity contribution is 8.26. The lowest BCUT2D eigenvalue weighted by Gasteiger charge is -2.14. The average molecular weight is 555 g/mol. The quantitative estimate of drug-likeness (QED) is 0.278. The molecule has 0 unspecified atom stereocenters. The van der Waals surface area contributed by atoms with Crippen molar-refractivity contribution in [3.63, 3.8) is 0 Å². The van der Waals surface area contributed by atoms with Crippen molar-refractivity contribution < 1.29 is 33.0 Å². The lowest BCUT2D eigenvalue weighted by molar-refractivity contribution is -0.122. The molecule has 0 spiro atoms. The Bertz CT molecular complexity index is 1470. The molecule has 0 saturated carbocycles. The molecule has 2 N–H and O–H groups in total. The first-order chi connectivity index (χ1) is 18.2. The maximum absolute atomic E-state index is 13.8. The average Bonchev–Trinajstić information content (AvgIpc) is 3.16. The zero-order chi connectivity index (χ0) is 27.4. The number of nitrogens with one attached hydrogen (secondary N) is 1. The number of halogens is 2. The lowest BCUT2D eigenvalue weighted by Crippen LogP contribution is -2.31. The Balaban J connectivity index is 1.45. The fourth-order valence-electron chi connectivity index (χ4n) is 3.68.